The standard InChI is InChI=1S/C16H9Cl2NO4/c17-12-7-3-6-11(13(12)18)16(22)23-8-19-14(20)9-4-1-2-5-10(9)15(19)21/h1-7H,8H2. The van der Waals surface area contributed by atoms with Gasteiger partial charge in [-0.1, -0.05) is 41.4 Å². The Balaban J connectivity index is 1.75. The van der Waals surface area contributed by atoms with Gasteiger partial charge in [0.1, 0.15) is 0 Å². The number of ether oxygens (including phenoxy) is 1. The zero-order valence-corrected chi connectivity index (χ0v) is 13.1. The second kappa shape index (κ2) is 6.02. The van der Waals surface area contributed by atoms with Gasteiger partial charge < -0.3 is 4.74 Å². The molecule has 0 aliphatic carbocycles. The summed E-state index contributed by atoms with van der Waals surface area (Å²) < 4.78 is 5.02. The Bertz CT molecular complexity index is 800. The number of imide groups is 1. The minimum absolute atomic E-state index is 0.0570. The van der Waals surface area contributed by atoms with Crippen molar-refractivity contribution >= 4 is 41.0 Å². The maximum atomic E-state index is 12.1. The summed E-state index contributed by atoms with van der Waals surface area (Å²) in [4.78, 5) is 37.2. The molecule has 3 rings (SSSR count). The number of benzene rings is 2. The molecule has 0 N–H and O–H groups in total. The van der Waals surface area contributed by atoms with Gasteiger partial charge in [-0.25, -0.2) is 9.69 Å². The summed E-state index contributed by atoms with van der Waals surface area (Å²) in [5.74, 6) is -1.78. The average Bonchev–Trinajstić information content (AvgIpc) is 2.80. The van der Waals surface area contributed by atoms with Gasteiger partial charge in [0.05, 0.1) is 26.7 Å². The van der Waals surface area contributed by atoms with Crippen molar-refractivity contribution in [3.8, 4) is 0 Å². The lowest BCUT2D eigenvalue weighted by molar-refractivity contribution is 0.0228. The molecule has 0 saturated heterocycles. The monoisotopic (exact) mass is 349 g/mol. The van der Waals surface area contributed by atoms with Crippen LogP contribution >= 0.6 is 23.2 Å². The van der Waals surface area contributed by atoms with Crippen LogP contribution in [0.15, 0.2) is 42.5 Å². The molecule has 0 saturated carbocycles. The molecule has 2 aromatic carbocycles. The molecule has 0 radical (unpaired) electrons. The van der Waals surface area contributed by atoms with Crippen LogP contribution < -0.4 is 0 Å². The lowest BCUT2D eigenvalue weighted by Crippen LogP contribution is -2.33. The SMILES string of the molecule is O=C(OCN1C(=O)c2ccccc2C1=O)c1cccc(Cl)c1Cl. The van der Waals surface area contributed by atoms with Gasteiger partial charge in [0.15, 0.2) is 6.73 Å². The first-order valence-electron chi connectivity index (χ1n) is 6.57. The number of carbonyl (C=O) groups is 3. The minimum atomic E-state index is -0.769. The molecule has 116 valence electrons. The third-order valence-electron chi connectivity index (χ3n) is 3.37. The summed E-state index contributed by atoms with van der Waals surface area (Å²) >= 11 is 11.8. The minimum Gasteiger partial charge on any atom is -0.440 e. The molecule has 5 nitrogen and oxygen atoms in total. The Labute approximate surface area is 141 Å². The molecule has 23 heavy (non-hydrogen) atoms. The third-order valence-corrected chi connectivity index (χ3v) is 4.19. The molecule has 1 aliphatic rings. The number of hydrogen-bond acceptors (Lipinski definition) is 4. The molecule has 0 spiro atoms. The fourth-order valence-electron chi connectivity index (χ4n) is 2.22. The molecular formula is C16H9Cl2NO4. The highest BCUT2D eigenvalue weighted by molar-refractivity contribution is 6.43. The van der Waals surface area contributed by atoms with E-state index in [1.54, 1.807) is 30.3 Å². The predicted octanol–water partition coefficient (Wildman–Crippen LogP) is 3.40. The number of fused-ring (bicyclic) bond motifs is 1. The maximum Gasteiger partial charge on any atom is 0.341 e. The van der Waals surface area contributed by atoms with Gasteiger partial charge >= 0.3 is 5.97 Å². The number of carbonyl (C=O) groups excluding carboxylic acids is 3. The van der Waals surface area contributed by atoms with Gasteiger partial charge in [-0.15, -0.1) is 0 Å². The molecule has 1 heterocycles. The summed E-state index contributed by atoms with van der Waals surface area (Å²) in [5, 5.41) is 0.267. The first kappa shape index (κ1) is 15.5. The van der Waals surface area contributed by atoms with E-state index in [9.17, 15) is 14.4 Å². The zero-order valence-electron chi connectivity index (χ0n) is 11.6. The summed E-state index contributed by atoms with van der Waals surface area (Å²) in [7, 11) is 0. The van der Waals surface area contributed by atoms with Crippen molar-refractivity contribution in [2.45, 2.75) is 0 Å². The molecule has 2 amide bonds. The van der Waals surface area contributed by atoms with Gasteiger partial charge in [0, 0.05) is 0 Å². The van der Waals surface area contributed by atoms with Crippen LogP contribution in [-0.2, 0) is 4.74 Å². The van der Waals surface area contributed by atoms with Crippen molar-refractivity contribution in [1.29, 1.82) is 0 Å². The molecule has 1 aliphatic heterocycles. The quantitative estimate of drug-likeness (QED) is 0.629. The first-order chi connectivity index (χ1) is 11.0. The van der Waals surface area contributed by atoms with E-state index in [-0.39, 0.29) is 26.7 Å². The molecule has 0 fully saturated rings. The molecule has 0 unspecified atom stereocenters. The second-order valence-corrected chi connectivity index (χ2v) is 5.53. The topological polar surface area (TPSA) is 63.7 Å². The van der Waals surface area contributed by atoms with E-state index in [0.29, 0.717) is 0 Å². The Morgan fingerprint density at radius 3 is 2.17 bits per heavy atom. The first-order valence-corrected chi connectivity index (χ1v) is 7.32. The van der Waals surface area contributed by atoms with Crippen molar-refractivity contribution in [2.75, 3.05) is 6.73 Å². The van der Waals surface area contributed by atoms with Crippen LogP contribution in [0, 0.1) is 0 Å². The predicted molar refractivity (Wildman–Crippen MR) is 83.7 cm³/mol. The number of amides is 2. The highest BCUT2D eigenvalue weighted by Crippen LogP contribution is 2.27. The van der Waals surface area contributed by atoms with E-state index in [1.165, 1.54) is 12.1 Å². The lowest BCUT2D eigenvalue weighted by Gasteiger charge is -2.14. The van der Waals surface area contributed by atoms with Crippen LogP contribution in [0.1, 0.15) is 31.1 Å². The summed E-state index contributed by atoms with van der Waals surface area (Å²) in [5.41, 5.74) is 0.638. The highest BCUT2D eigenvalue weighted by atomic mass is 35.5. The molecule has 0 atom stereocenters. The van der Waals surface area contributed by atoms with Crippen LogP contribution in [0.4, 0.5) is 0 Å². The summed E-state index contributed by atoms with van der Waals surface area (Å²) in [6, 6.07) is 10.9. The smallest absolute Gasteiger partial charge is 0.341 e. The van der Waals surface area contributed by atoms with Crippen molar-refractivity contribution < 1.29 is 19.1 Å². The van der Waals surface area contributed by atoms with Gasteiger partial charge in [0.25, 0.3) is 11.8 Å². The Morgan fingerprint density at radius 1 is 0.957 bits per heavy atom. The molecule has 0 bridgehead atoms. The van der Waals surface area contributed by atoms with Crippen LogP contribution in [-0.4, -0.2) is 29.4 Å². The Kier molecular flexibility index (Phi) is 4.07. The van der Waals surface area contributed by atoms with Crippen LogP contribution in [0.2, 0.25) is 10.0 Å². The van der Waals surface area contributed by atoms with E-state index in [1.807, 2.05) is 0 Å². The molecular weight excluding hydrogens is 341 g/mol. The number of hydrogen-bond donors (Lipinski definition) is 0. The van der Waals surface area contributed by atoms with Crippen LogP contribution in [0.25, 0.3) is 0 Å². The highest BCUT2D eigenvalue weighted by Gasteiger charge is 2.35. The van der Waals surface area contributed by atoms with Gasteiger partial charge in [-0.2, -0.15) is 0 Å². The van der Waals surface area contributed by atoms with E-state index in [2.05, 4.69) is 0 Å². The van der Waals surface area contributed by atoms with Gasteiger partial charge in [-0.05, 0) is 24.3 Å². The van der Waals surface area contributed by atoms with E-state index in [4.69, 9.17) is 27.9 Å². The average molecular weight is 350 g/mol. The van der Waals surface area contributed by atoms with Gasteiger partial charge in [0.2, 0.25) is 0 Å². The lowest BCUT2D eigenvalue weighted by atomic mass is 10.1. The third kappa shape index (κ3) is 2.69. The Hall–Kier alpha value is -2.37. The summed E-state index contributed by atoms with van der Waals surface area (Å²) in [6.45, 7) is -0.492. The zero-order chi connectivity index (χ0) is 16.6. The van der Waals surface area contributed by atoms with Gasteiger partial charge in [-0.3, -0.25) is 9.59 Å². The van der Waals surface area contributed by atoms with Crippen LogP contribution in [0.3, 0.4) is 0 Å². The number of halogens is 2. The summed E-state index contributed by atoms with van der Waals surface area (Å²) in [6.07, 6.45) is 0. The maximum absolute atomic E-state index is 12.1. The molecule has 2 aromatic rings. The number of esters is 1. The number of rotatable bonds is 3. The van der Waals surface area contributed by atoms with E-state index >= 15 is 0 Å². The molecule has 7 heteroatoms. The second-order valence-electron chi connectivity index (χ2n) is 4.75. The fraction of sp³-hybridized carbons (Fsp3) is 0.0625. The van der Waals surface area contributed by atoms with Crippen molar-refractivity contribution in [1.82, 2.24) is 4.90 Å². The fourth-order valence-corrected chi connectivity index (χ4v) is 2.60. The van der Waals surface area contributed by atoms with Crippen molar-refractivity contribution in [3.05, 3.63) is 69.2 Å². The van der Waals surface area contributed by atoms with Crippen molar-refractivity contribution in [2.24, 2.45) is 0 Å². The van der Waals surface area contributed by atoms with Crippen molar-refractivity contribution in [3.63, 3.8) is 0 Å². The normalized spacial score (nSPS) is 13.2. The molecule has 0 aromatic heterocycles. The number of nitrogens with zero attached hydrogens (tertiary/aromatic N) is 1. The van der Waals surface area contributed by atoms with Crippen LogP contribution in [0.5, 0.6) is 0 Å². The van der Waals surface area contributed by atoms with E-state index < -0.39 is 24.5 Å². The van der Waals surface area contributed by atoms with E-state index in [0.717, 1.165) is 4.90 Å². The Morgan fingerprint density at radius 2 is 1.57 bits per heavy atom. The largest absolute Gasteiger partial charge is 0.440 e.